The van der Waals surface area contributed by atoms with Crippen LogP contribution < -0.4 is 5.32 Å². The van der Waals surface area contributed by atoms with Gasteiger partial charge in [-0.15, -0.1) is 0 Å². The van der Waals surface area contributed by atoms with Gasteiger partial charge in [0.15, 0.2) is 5.76 Å². The van der Waals surface area contributed by atoms with Crippen LogP contribution in [0.15, 0.2) is 47.5 Å². The van der Waals surface area contributed by atoms with Crippen molar-refractivity contribution in [1.82, 2.24) is 15.0 Å². The number of nitrogens with one attached hydrogen (secondary N) is 1. The van der Waals surface area contributed by atoms with Crippen LogP contribution in [0.2, 0.25) is 0 Å². The number of rotatable bonds is 5. The van der Waals surface area contributed by atoms with E-state index in [1.807, 2.05) is 37.5 Å². The second-order valence-corrected chi connectivity index (χ2v) is 6.14. The van der Waals surface area contributed by atoms with E-state index in [9.17, 15) is 0 Å². The third kappa shape index (κ3) is 3.39. The smallest absolute Gasteiger partial charge is 0.223 e. The van der Waals surface area contributed by atoms with Gasteiger partial charge in [-0.3, -0.25) is 4.98 Å². The normalized spacial score (nSPS) is 16.9. The Morgan fingerprint density at radius 3 is 2.96 bits per heavy atom. The van der Waals surface area contributed by atoms with Crippen molar-refractivity contribution < 1.29 is 9.15 Å². The lowest BCUT2D eigenvalue weighted by Crippen LogP contribution is -2.19. The summed E-state index contributed by atoms with van der Waals surface area (Å²) in [5.41, 5.74) is 3.81. The molecule has 3 aromatic heterocycles. The van der Waals surface area contributed by atoms with Crippen molar-refractivity contribution in [3.63, 3.8) is 0 Å². The summed E-state index contributed by atoms with van der Waals surface area (Å²) >= 11 is 0. The molecule has 25 heavy (non-hydrogen) atoms. The molecule has 0 radical (unpaired) electrons. The number of hydrogen-bond donors (Lipinski definition) is 1. The average Bonchev–Trinajstić information content (AvgIpc) is 3.34. The number of aromatic nitrogens is 3. The van der Waals surface area contributed by atoms with Gasteiger partial charge in [0.2, 0.25) is 5.95 Å². The van der Waals surface area contributed by atoms with Crippen molar-refractivity contribution in [2.75, 3.05) is 18.5 Å². The van der Waals surface area contributed by atoms with Gasteiger partial charge < -0.3 is 14.5 Å². The van der Waals surface area contributed by atoms with Crippen molar-refractivity contribution in [3.8, 4) is 22.6 Å². The maximum absolute atomic E-state index is 5.64. The quantitative estimate of drug-likeness (QED) is 0.766. The number of hydrogen-bond acceptors (Lipinski definition) is 6. The molecule has 1 atom stereocenters. The summed E-state index contributed by atoms with van der Waals surface area (Å²) in [5, 5.41) is 3.28. The molecule has 0 aliphatic carbocycles. The Morgan fingerprint density at radius 2 is 2.20 bits per heavy atom. The molecule has 4 heterocycles. The van der Waals surface area contributed by atoms with Gasteiger partial charge >= 0.3 is 0 Å². The van der Waals surface area contributed by atoms with Crippen molar-refractivity contribution in [3.05, 3.63) is 48.6 Å². The van der Waals surface area contributed by atoms with Crippen molar-refractivity contribution in [1.29, 1.82) is 0 Å². The van der Waals surface area contributed by atoms with E-state index in [0.29, 0.717) is 18.3 Å². The molecule has 128 valence electrons. The lowest BCUT2D eigenvalue weighted by atomic mass is 10.0. The minimum atomic E-state index is 0.234. The molecular formula is C19H20N4O2. The lowest BCUT2D eigenvalue weighted by molar-refractivity contribution is 0.120. The minimum Gasteiger partial charge on any atom is -0.463 e. The zero-order valence-electron chi connectivity index (χ0n) is 14.1. The minimum absolute atomic E-state index is 0.234. The fourth-order valence-electron chi connectivity index (χ4n) is 3.05. The van der Waals surface area contributed by atoms with E-state index in [2.05, 4.69) is 15.3 Å². The van der Waals surface area contributed by atoms with Crippen LogP contribution in [0.4, 0.5) is 5.95 Å². The molecule has 0 spiro atoms. The summed E-state index contributed by atoms with van der Waals surface area (Å²) in [7, 11) is 0. The van der Waals surface area contributed by atoms with E-state index in [4.69, 9.17) is 14.1 Å². The number of pyridine rings is 1. The molecule has 1 fully saturated rings. The summed E-state index contributed by atoms with van der Waals surface area (Å²) < 4.78 is 11.2. The highest BCUT2D eigenvalue weighted by atomic mass is 16.5. The van der Waals surface area contributed by atoms with Crippen molar-refractivity contribution >= 4 is 5.95 Å². The molecule has 1 unspecified atom stereocenters. The standard InChI is InChI=1S/C19H20N4O2/c1-13-10-20-7-6-15(13)16-12-22-19(21-11-14-4-2-8-24-14)23-18(16)17-5-3-9-25-17/h3,5-7,9-10,12,14H,2,4,8,11H2,1H3,(H,21,22,23). The van der Waals surface area contributed by atoms with Gasteiger partial charge in [0.25, 0.3) is 0 Å². The summed E-state index contributed by atoms with van der Waals surface area (Å²) in [4.78, 5) is 13.4. The van der Waals surface area contributed by atoms with Crippen LogP contribution in [0.25, 0.3) is 22.6 Å². The molecule has 1 aliphatic rings. The first-order valence-electron chi connectivity index (χ1n) is 8.48. The first kappa shape index (κ1) is 15.8. The molecule has 1 aliphatic heterocycles. The number of ether oxygens (including phenoxy) is 1. The molecule has 1 N–H and O–H groups in total. The van der Waals surface area contributed by atoms with Gasteiger partial charge in [-0.1, -0.05) is 0 Å². The van der Waals surface area contributed by atoms with Gasteiger partial charge in [-0.25, -0.2) is 9.97 Å². The Hall–Kier alpha value is -2.73. The molecule has 0 saturated carbocycles. The molecule has 6 nitrogen and oxygen atoms in total. The maximum atomic E-state index is 5.64. The number of nitrogens with zero attached hydrogens (tertiary/aromatic N) is 3. The third-order valence-corrected chi connectivity index (χ3v) is 4.37. The van der Waals surface area contributed by atoms with Gasteiger partial charge in [-0.2, -0.15) is 0 Å². The molecule has 3 aromatic rings. The van der Waals surface area contributed by atoms with Crippen LogP contribution in [0.3, 0.4) is 0 Å². The Kier molecular flexibility index (Phi) is 4.43. The van der Waals surface area contributed by atoms with Crippen LogP contribution in [0.1, 0.15) is 18.4 Å². The number of aryl methyl sites for hydroxylation is 1. The Balaban J connectivity index is 1.68. The molecule has 1 saturated heterocycles. The molecule has 4 rings (SSSR count). The molecule has 0 bridgehead atoms. The van der Waals surface area contributed by atoms with E-state index in [1.54, 1.807) is 12.5 Å². The Morgan fingerprint density at radius 1 is 1.24 bits per heavy atom. The van der Waals surface area contributed by atoms with Gasteiger partial charge in [0, 0.05) is 37.3 Å². The fourth-order valence-corrected chi connectivity index (χ4v) is 3.05. The highest BCUT2D eigenvalue weighted by Gasteiger charge is 2.18. The van der Waals surface area contributed by atoms with Crippen molar-refractivity contribution in [2.24, 2.45) is 0 Å². The Bertz CT molecular complexity index is 842. The van der Waals surface area contributed by atoms with Gasteiger partial charge in [0.05, 0.1) is 12.4 Å². The van der Waals surface area contributed by atoms with E-state index < -0.39 is 0 Å². The van der Waals surface area contributed by atoms with E-state index in [1.165, 1.54) is 0 Å². The van der Waals surface area contributed by atoms with E-state index in [-0.39, 0.29) is 6.10 Å². The van der Waals surface area contributed by atoms with Gasteiger partial charge in [-0.05, 0) is 49.1 Å². The average molecular weight is 336 g/mol. The lowest BCUT2D eigenvalue weighted by Gasteiger charge is -2.13. The predicted octanol–water partition coefficient (Wildman–Crippen LogP) is 3.70. The molecule has 0 aromatic carbocycles. The molecule has 6 heteroatoms. The Labute approximate surface area is 146 Å². The van der Waals surface area contributed by atoms with Crippen molar-refractivity contribution in [2.45, 2.75) is 25.9 Å². The molecule has 0 amide bonds. The summed E-state index contributed by atoms with van der Waals surface area (Å²) in [6.45, 7) is 3.58. The molecular weight excluding hydrogens is 316 g/mol. The monoisotopic (exact) mass is 336 g/mol. The second kappa shape index (κ2) is 7.03. The zero-order valence-corrected chi connectivity index (χ0v) is 14.1. The highest BCUT2D eigenvalue weighted by molar-refractivity contribution is 5.80. The SMILES string of the molecule is Cc1cnccc1-c1cnc(NCC2CCCO2)nc1-c1ccco1. The highest BCUT2D eigenvalue weighted by Crippen LogP contribution is 2.32. The van der Waals surface area contributed by atoms with Crippen LogP contribution in [0, 0.1) is 6.92 Å². The zero-order chi connectivity index (χ0) is 17.1. The third-order valence-electron chi connectivity index (χ3n) is 4.37. The summed E-state index contributed by atoms with van der Waals surface area (Å²) in [6, 6.07) is 5.74. The number of anilines is 1. The maximum Gasteiger partial charge on any atom is 0.223 e. The van der Waals surface area contributed by atoms with Crippen LogP contribution in [-0.2, 0) is 4.74 Å². The summed E-state index contributed by atoms with van der Waals surface area (Å²) in [5.74, 6) is 1.30. The summed E-state index contributed by atoms with van der Waals surface area (Å²) in [6.07, 6.45) is 9.53. The largest absolute Gasteiger partial charge is 0.463 e. The topological polar surface area (TPSA) is 73.1 Å². The first-order chi connectivity index (χ1) is 12.3. The first-order valence-corrected chi connectivity index (χ1v) is 8.48. The predicted molar refractivity (Wildman–Crippen MR) is 95.2 cm³/mol. The van der Waals surface area contributed by atoms with Crippen LogP contribution in [0.5, 0.6) is 0 Å². The second-order valence-electron chi connectivity index (χ2n) is 6.14. The number of furan rings is 1. The van der Waals surface area contributed by atoms with Crippen LogP contribution in [-0.4, -0.2) is 34.2 Å². The van der Waals surface area contributed by atoms with E-state index >= 15 is 0 Å². The van der Waals surface area contributed by atoms with E-state index in [0.717, 1.165) is 41.8 Å². The fraction of sp³-hybridized carbons (Fsp3) is 0.316. The van der Waals surface area contributed by atoms with Gasteiger partial charge in [0.1, 0.15) is 5.69 Å². The van der Waals surface area contributed by atoms with Crippen LogP contribution >= 0.6 is 0 Å².